The van der Waals surface area contributed by atoms with Crippen LogP contribution in [0, 0.1) is 0 Å². The third-order valence-corrected chi connectivity index (χ3v) is 3.19. The Morgan fingerprint density at radius 3 is 1.88 bits per heavy atom. The SMILES string of the molecule is CCC1N(C(C)(C)C)C=C(C)N1C(C)(C)C. The van der Waals surface area contributed by atoms with E-state index in [-0.39, 0.29) is 11.1 Å². The normalized spacial score (nSPS) is 22.8. The van der Waals surface area contributed by atoms with E-state index >= 15 is 0 Å². The van der Waals surface area contributed by atoms with E-state index in [1.807, 2.05) is 0 Å². The predicted molar refractivity (Wildman–Crippen MR) is 71.0 cm³/mol. The first-order valence-electron chi connectivity index (χ1n) is 6.35. The van der Waals surface area contributed by atoms with E-state index in [4.69, 9.17) is 0 Å². The summed E-state index contributed by atoms with van der Waals surface area (Å²) in [4.78, 5) is 5.03. The molecule has 0 N–H and O–H groups in total. The van der Waals surface area contributed by atoms with Crippen LogP contribution in [0.5, 0.6) is 0 Å². The van der Waals surface area contributed by atoms with Crippen molar-refractivity contribution < 1.29 is 0 Å². The Bertz CT molecular complexity index is 278. The molecule has 0 aromatic rings. The number of hydrogen-bond acceptors (Lipinski definition) is 2. The topological polar surface area (TPSA) is 6.48 Å². The molecule has 1 aliphatic rings. The summed E-state index contributed by atoms with van der Waals surface area (Å²) >= 11 is 0. The minimum Gasteiger partial charge on any atom is -0.351 e. The average molecular weight is 224 g/mol. The quantitative estimate of drug-likeness (QED) is 0.668. The van der Waals surface area contributed by atoms with Gasteiger partial charge in [-0.2, -0.15) is 0 Å². The largest absolute Gasteiger partial charge is 0.351 e. The lowest BCUT2D eigenvalue weighted by atomic mass is 10.0. The number of nitrogens with zero attached hydrogens (tertiary/aromatic N) is 2. The first-order valence-corrected chi connectivity index (χ1v) is 6.35. The van der Waals surface area contributed by atoms with Gasteiger partial charge in [0, 0.05) is 23.0 Å². The van der Waals surface area contributed by atoms with E-state index in [0.717, 1.165) is 6.42 Å². The van der Waals surface area contributed by atoms with Crippen LogP contribution >= 0.6 is 0 Å². The fourth-order valence-corrected chi connectivity index (χ4v) is 2.71. The van der Waals surface area contributed by atoms with Gasteiger partial charge in [-0.05, 0) is 54.9 Å². The van der Waals surface area contributed by atoms with Gasteiger partial charge in [-0.25, -0.2) is 0 Å². The second kappa shape index (κ2) is 3.97. The highest BCUT2D eigenvalue weighted by Gasteiger charge is 2.39. The van der Waals surface area contributed by atoms with E-state index in [0.29, 0.717) is 6.17 Å². The number of allylic oxidation sites excluding steroid dienone is 1. The third-order valence-electron chi connectivity index (χ3n) is 3.19. The molecule has 0 spiro atoms. The molecule has 0 amide bonds. The molecular formula is C14H28N2. The highest BCUT2D eigenvalue weighted by atomic mass is 15.4. The van der Waals surface area contributed by atoms with Gasteiger partial charge in [0.05, 0.1) is 0 Å². The maximum absolute atomic E-state index is 2.54. The van der Waals surface area contributed by atoms with Gasteiger partial charge in [-0.3, -0.25) is 0 Å². The van der Waals surface area contributed by atoms with Crippen molar-refractivity contribution in [1.29, 1.82) is 0 Å². The van der Waals surface area contributed by atoms with Crippen molar-refractivity contribution in [3.63, 3.8) is 0 Å². The smallest absolute Gasteiger partial charge is 0.102 e. The molecule has 1 atom stereocenters. The summed E-state index contributed by atoms with van der Waals surface area (Å²) in [6.07, 6.45) is 3.97. The summed E-state index contributed by atoms with van der Waals surface area (Å²) in [5.74, 6) is 0. The van der Waals surface area contributed by atoms with Crippen molar-refractivity contribution in [3.05, 3.63) is 11.9 Å². The van der Waals surface area contributed by atoms with Crippen molar-refractivity contribution in [1.82, 2.24) is 9.80 Å². The summed E-state index contributed by atoms with van der Waals surface area (Å²) in [5.41, 5.74) is 1.78. The maximum atomic E-state index is 2.54. The zero-order valence-electron chi connectivity index (χ0n) is 12.3. The van der Waals surface area contributed by atoms with Gasteiger partial charge in [0.25, 0.3) is 0 Å². The summed E-state index contributed by atoms with van der Waals surface area (Å²) in [7, 11) is 0. The summed E-state index contributed by atoms with van der Waals surface area (Å²) < 4.78 is 0. The van der Waals surface area contributed by atoms with Gasteiger partial charge in [0.2, 0.25) is 0 Å². The van der Waals surface area contributed by atoms with Crippen molar-refractivity contribution >= 4 is 0 Å². The molecular weight excluding hydrogens is 196 g/mol. The van der Waals surface area contributed by atoms with Gasteiger partial charge in [-0.15, -0.1) is 0 Å². The second-order valence-electron chi connectivity index (χ2n) is 6.78. The molecule has 0 radical (unpaired) electrons. The lowest BCUT2D eigenvalue weighted by Crippen LogP contribution is -2.53. The third kappa shape index (κ3) is 2.36. The van der Waals surface area contributed by atoms with Gasteiger partial charge < -0.3 is 9.80 Å². The fourth-order valence-electron chi connectivity index (χ4n) is 2.71. The highest BCUT2D eigenvalue weighted by Crippen LogP contribution is 2.36. The Morgan fingerprint density at radius 1 is 1.06 bits per heavy atom. The van der Waals surface area contributed by atoms with Crippen molar-refractivity contribution in [3.8, 4) is 0 Å². The highest BCUT2D eigenvalue weighted by molar-refractivity contribution is 5.13. The van der Waals surface area contributed by atoms with Crippen LogP contribution < -0.4 is 0 Å². The molecule has 0 saturated heterocycles. The van der Waals surface area contributed by atoms with Crippen LogP contribution in [0.15, 0.2) is 11.9 Å². The van der Waals surface area contributed by atoms with E-state index in [1.54, 1.807) is 0 Å². The Hall–Kier alpha value is -0.660. The molecule has 0 saturated carbocycles. The van der Waals surface area contributed by atoms with Gasteiger partial charge in [0.1, 0.15) is 6.17 Å². The van der Waals surface area contributed by atoms with Crippen LogP contribution in [0.4, 0.5) is 0 Å². The summed E-state index contributed by atoms with van der Waals surface area (Å²) in [6.45, 7) is 18.2. The predicted octanol–water partition coefficient (Wildman–Crippen LogP) is 3.80. The van der Waals surface area contributed by atoms with Crippen LogP contribution in [-0.4, -0.2) is 27.0 Å². The second-order valence-corrected chi connectivity index (χ2v) is 6.78. The molecule has 0 bridgehead atoms. The van der Waals surface area contributed by atoms with Crippen LogP contribution in [-0.2, 0) is 0 Å². The molecule has 0 aromatic carbocycles. The molecule has 0 aromatic heterocycles. The Labute approximate surface area is 101 Å². The Kier molecular flexibility index (Phi) is 3.33. The zero-order chi connectivity index (χ0) is 12.7. The van der Waals surface area contributed by atoms with E-state index in [9.17, 15) is 0 Å². The molecule has 2 heteroatoms. The molecule has 2 nitrogen and oxygen atoms in total. The van der Waals surface area contributed by atoms with E-state index in [1.165, 1.54) is 5.70 Å². The molecule has 1 rings (SSSR count). The van der Waals surface area contributed by atoms with Gasteiger partial charge in [0.15, 0.2) is 0 Å². The minimum absolute atomic E-state index is 0.196. The molecule has 16 heavy (non-hydrogen) atoms. The summed E-state index contributed by atoms with van der Waals surface area (Å²) in [5, 5.41) is 0. The molecule has 1 aliphatic heterocycles. The van der Waals surface area contributed by atoms with Crippen LogP contribution in [0.2, 0.25) is 0 Å². The lowest BCUT2D eigenvalue weighted by Gasteiger charge is -2.46. The molecule has 0 aliphatic carbocycles. The minimum atomic E-state index is 0.196. The van der Waals surface area contributed by atoms with Gasteiger partial charge in [-0.1, -0.05) is 6.92 Å². The first kappa shape index (κ1) is 13.4. The van der Waals surface area contributed by atoms with Crippen LogP contribution in [0.25, 0.3) is 0 Å². The van der Waals surface area contributed by atoms with Crippen molar-refractivity contribution in [2.75, 3.05) is 0 Å². The Balaban J connectivity index is 3.05. The fraction of sp³-hybridized carbons (Fsp3) is 0.857. The maximum Gasteiger partial charge on any atom is 0.102 e. The standard InChI is InChI=1S/C14H28N2/c1-9-12-15(13(3,4)5)10-11(2)16(12)14(6,7)8/h10,12H,9H2,1-8H3. The van der Waals surface area contributed by atoms with Crippen molar-refractivity contribution in [2.24, 2.45) is 0 Å². The first-order chi connectivity index (χ1) is 7.09. The Morgan fingerprint density at radius 2 is 1.56 bits per heavy atom. The van der Waals surface area contributed by atoms with Crippen LogP contribution in [0.3, 0.4) is 0 Å². The van der Waals surface area contributed by atoms with Crippen LogP contribution in [0.1, 0.15) is 61.8 Å². The lowest BCUT2D eigenvalue weighted by molar-refractivity contribution is 0.0240. The average Bonchev–Trinajstić information content (AvgIpc) is 2.40. The molecule has 0 fully saturated rings. The zero-order valence-corrected chi connectivity index (χ0v) is 12.3. The van der Waals surface area contributed by atoms with Gasteiger partial charge >= 0.3 is 0 Å². The molecule has 1 heterocycles. The number of rotatable bonds is 1. The summed E-state index contributed by atoms with van der Waals surface area (Å²) in [6, 6.07) is 0. The molecule has 94 valence electrons. The van der Waals surface area contributed by atoms with E-state index in [2.05, 4.69) is 71.4 Å². The van der Waals surface area contributed by atoms with E-state index < -0.39 is 0 Å². The monoisotopic (exact) mass is 224 g/mol. The van der Waals surface area contributed by atoms with Crippen molar-refractivity contribution in [2.45, 2.75) is 79.1 Å². The number of hydrogen-bond donors (Lipinski definition) is 0. The molecule has 1 unspecified atom stereocenters.